The minimum absolute atomic E-state index is 0.340. The van der Waals surface area contributed by atoms with Crippen LogP contribution in [0.25, 0.3) is 11.1 Å². The lowest BCUT2D eigenvalue weighted by atomic mass is 9.79. The van der Waals surface area contributed by atoms with Gasteiger partial charge in [-0.3, -0.25) is 0 Å². The van der Waals surface area contributed by atoms with E-state index >= 15 is 0 Å². The van der Waals surface area contributed by atoms with E-state index in [1.165, 1.54) is 35.1 Å². The van der Waals surface area contributed by atoms with Crippen molar-refractivity contribution in [3.05, 3.63) is 94.6 Å². The predicted octanol–water partition coefficient (Wildman–Crippen LogP) is 7.25. The summed E-state index contributed by atoms with van der Waals surface area (Å²) in [6.45, 7) is 2.22. The Morgan fingerprint density at radius 2 is 1.75 bits per heavy atom. The third-order valence-electron chi connectivity index (χ3n) is 5.97. The summed E-state index contributed by atoms with van der Waals surface area (Å²) in [4.78, 5) is 0. The van der Waals surface area contributed by atoms with E-state index in [2.05, 4.69) is 37.3 Å². The van der Waals surface area contributed by atoms with E-state index in [9.17, 15) is 8.78 Å². The first-order valence-electron chi connectivity index (χ1n) is 10.3. The van der Waals surface area contributed by atoms with E-state index in [0.29, 0.717) is 11.5 Å². The molecule has 3 aromatic rings. The van der Waals surface area contributed by atoms with Gasteiger partial charge in [0.2, 0.25) is 0 Å². The van der Waals surface area contributed by atoms with Crippen LogP contribution in [0.4, 0.5) is 8.78 Å². The quantitative estimate of drug-likeness (QED) is 0.440. The Morgan fingerprint density at radius 1 is 0.929 bits per heavy atom. The van der Waals surface area contributed by atoms with Crippen molar-refractivity contribution in [1.82, 2.24) is 0 Å². The molecule has 2 heteroatoms. The van der Waals surface area contributed by atoms with Crippen LogP contribution in [-0.2, 0) is 19.3 Å². The number of halogens is 2. The monoisotopic (exact) mass is 376 g/mol. The van der Waals surface area contributed by atoms with E-state index in [1.54, 1.807) is 12.1 Å². The molecule has 0 amide bonds. The molecule has 0 saturated heterocycles. The van der Waals surface area contributed by atoms with E-state index in [0.717, 1.165) is 37.3 Å². The van der Waals surface area contributed by atoms with Gasteiger partial charge < -0.3 is 0 Å². The van der Waals surface area contributed by atoms with E-state index in [-0.39, 0.29) is 0 Å². The summed E-state index contributed by atoms with van der Waals surface area (Å²) in [7, 11) is 0. The van der Waals surface area contributed by atoms with Gasteiger partial charge in [-0.25, -0.2) is 8.78 Å². The molecular formula is C26H26F2. The number of hydrogen-bond donors (Lipinski definition) is 0. The lowest BCUT2D eigenvalue weighted by molar-refractivity contribution is 0.511. The zero-order chi connectivity index (χ0) is 19.5. The molecule has 1 atom stereocenters. The topological polar surface area (TPSA) is 0 Å². The van der Waals surface area contributed by atoms with Crippen LogP contribution in [0.2, 0.25) is 0 Å². The van der Waals surface area contributed by atoms with Crippen LogP contribution in [0.1, 0.15) is 54.4 Å². The molecule has 3 aromatic carbocycles. The van der Waals surface area contributed by atoms with Crippen molar-refractivity contribution in [2.75, 3.05) is 0 Å². The fourth-order valence-electron chi connectivity index (χ4n) is 4.27. The Kier molecular flexibility index (Phi) is 5.57. The summed E-state index contributed by atoms with van der Waals surface area (Å²) >= 11 is 0. The van der Waals surface area contributed by atoms with Crippen LogP contribution in [0.5, 0.6) is 0 Å². The highest BCUT2D eigenvalue weighted by Gasteiger charge is 2.21. The molecule has 144 valence electrons. The number of fused-ring (bicyclic) bond motifs is 1. The van der Waals surface area contributed by atoms with Crippen molar-refractivity contribution in [2.24, 2.45) is 0 Å². The minimum Gasteiger partial charge on any atom is -0.204 e. The summed E-state index contributed by atoms with van der Waals surface area (Å²) in [5.41, 5.74) is 6.51. The van der Waals surface area contributed by atoms with Gasteiger partial charge in [-0.1, -0.05) is 67.9 Å². The third kappa shape index (κ3) is 3.87. The molecule has 1 unspecified atom stereocenters. The highest BCUT2D eigenvalue weighted by atomic mass is 19.2. The average Bonchev–Trinajstić information content (AvgIpc) is 2.74. The molecule has 28 heavy (non-hydrogen) atoms. The van der Waals surface area contributed by atoms with Crippen molar-refractivity contribution < 1.29 is 8.78 Å². The number of rotatable bonds is 5. The Labute approximate surface area is 166 Å². The SMILES string of the molecule is CCCCc1ccc(C2CCc3cc(-c4cccc(F)c4F)ccc3C2)cc1. The standard InChI is InChI=1S/C26H26F2/c1-2-3-5-18-8-10-19(11-9-18)20-12-13-22-17-23(15-14-21(22)16-20)24-6-4-7-25(27)26(24)28/h4,6-11,14-15,17,20H,2-3,5,12-13,16H2,1H3. The first-order chi connectivity index (χ1) is 13.7. The van der Waals surface area contributed by atoms with Crippen LogP contribution < -0.4 is 0 Å². The number of benzene rings is 3. The lowest BCUT2D eigenvalue weighted by Gasteiger charge is -2.26. The van der Waals surface area contributed by atoms with Gasteiger partial charge in [0.25, 0.3) is 0 Å². The summed E-state index contributed by atoms with van der Waals surface area (Å²) in [5.74, 6) is -1.03. The van der Waals surface area contributed by atoms with Gasteiger partial charge >= 0.3 is 0 Å². The van der Waals surface area contributed by atoms with Crippen LogP contribution in [0.3, 0.4) is 0 Å². The molecule has 0 heterocycles. The second kappa shape index (κ2) is 8.26. The van der Waals surface area contributed by atoms with Crippen molar-refractivity contribution in [3.63, 3.8) is 0 Å². The summed E-state index contributed by atoms with van der Waals surface area (Å²) in [5, 5.41) is 0. The smallest absolute Gasteiger partial charge is 0.166 e. The number of hydrogen-bond acceptors (Lipinski definition) is 0. The Bertz CT molecular complexity index is 957. The maximum absolute atomic E-state index is 14.1. The Morgan fingerprint density at radius 3 is 2.54 bits per heavy atom. The number of unbranched alkanes of at least 4 members (excludes halogenated alkanes) is 1. The molecule has 0 nitrogen and oxygen atoms in total. The fourth-order valence-corrected chi connectivity index (χ4v) is 4.27. The molecule has 4 rings (SSSR count). The maximum atomic E-state index is 14.1. The van der Waals surface area contributed by atoms with Crippen LogP contribution in [-0.4, -0.2) is 0 Å². The Balaban J connectivity index is 1.52. The molecule has 0 aromatic heterocycles. The second-order valence-electron chi connectivity index (χ2n) is 7.87. The van der Waals surface area contributed by atoms with Gasteiger partial charge in [-0.2, -0.15) is 0 Å². The summed E-state index contributed by atoms with van der Waals surface area (Å²) < 4.78 is 27.7. The maximum Gasteiger partial charge on any atom is 0.166 e. The van der Waals surface area contributed by atoms with E-state index in [4.69, 9.17) is 0 Å². The summed E-state index contributed by atoms with van der Waals surface area (Å²) in [6, 6.07) is 19.6. The van der Waals surface area contributed by atoms with E-state index < -0.39 is 11.6 Å². The van der Waals surface area contributed by atoms with Crippen LogP contribution in [0.15, 0.2) is 60.7 Å². The van der Waals surface area contributed by atoms with Gasteiger partial charge in [0.15, 0.2) is 11.6 Å². The van der Waals surface area contributed by atoms with Crippen molar-refractivity contribution in [1.29, 1.82) is 0 Å². The average molecular weight is 376 g/mol. The van der Waals surface area contributed by atoms with Crippen LogP contribution >= 0.6 is 0 Å². The first kappa shape index (κ1) is 18.9. The molecule has 0 radical (unpaired) electrons. The molecule has 0 N–H and O–H groups in total. The third-order valence-corrected chi connectivity index (χ3v) is 5.97. The highest BCUT2D eigenvalue weighted by Crippen LogP contribution is 2.35. The summed E-state index contributed by atoms with van der Waals surface area (Å²) in [6.07, 6.45) is 6.70. The second-order valence-corrected chi connectivity index (χ2v) is 7.87. The molecule has 0 bridgehead atoms. The molecule has 1 aliphatic carbocycles. The van der Waals surface area contributed by atoms with E-state index in [1.807, 2.05) is 12.1 Å². The fraction of sp³-hybridized carbons (Fsp3) is 0.308. The van der Waals surface area contributed by atoms with Gasteiger partial charge in [-0.15, -0.1) is 0 Å². The molecule has 0 aliphatic heterocycles. The van der Waals surface area contributed by atoms with Gasteiger partial charge in [-0.05, 0) is 71.9 Å². The zero-order valence-corrected chi connectivity index (χ0v) is 16.3. The van der Waals surface area contributed by atoms with Crippen molar-refractivity contribution in [2.45, 2.75) is 51.4 Å². The predicted molar refractivity (Wildman–Crippen MR) is 112 cm³/mol. The largest absolute Gasteiger partial charge is 0.204 e. The molecule has 1 aliphatic rings. The van der Waals surface area contributed by atoms with Crippen molar-refractivity contribution >= 4 is 0 Å². The van der Waals surface area contributed by atoms with Gasteiger partial charge in [0, 0.05) is 5.56 Å². The molecule has 0 saturated carbocycles. The lowest BCUT2D eigenvalue weighted by Crippen LogP contribution is -2.13. The first-order valence-corrected chi connectivity index (χ1v) is 10.3. The normalized spacial score (nSPS) is 16.0. The molecule has 0 spiro atoms. The van der Waals surface area contributed by atoms with Crippen molar-refractivity contribution in [3.8, 4) is 11.1 Å². The van der Waals surface area contributed by atoms with Gasteiger partial charge in [0.05, 0.1) is 0 Å². The Hall–Kier alpha value is -2.48. The molecular weight excluding hydrogens is 350 g/mol. The minimum atomic E-state index is -0.794. The zero-order valence-electron chi connectivity index (χ0n) is 16.3. The number of aryl methyl sites for hydroxylation is 2. The highest BCUT2D eigenvalue weighted by molar-refractivity contribution is 5.66. The molecule has 0 fully saturated rings. The van der Waals surface area contributed by atoms with Gasteiger partial charge in [0.1, 0.15) is 0 Å². The van der Waals surface area contributed by atoms with Crippen LogP contribution in [0, 0.1) is 11.6 Å².